The number of ether oxygens (including phenoxy) is 2. The van der Waals surface area contributed by atoms with Crippen LogP contribution in [-0.2, 0) is 29.0 Å². The lowest BCUT2D eigenvalue weighted by Gasteiger charge is -2.29. The number of fused-ring (bicyclic) bond motifs is 1. The maximum Gasteiger partial charge on any atom is 0.459 e. The van der Waals surface area contributed by atoms with Crippen molar-refractivity contribution in [2.75, 3.05) is 13.2 Å². The second-order valence-corrected chi connectivity index (χ2v) is 12.2. The predicted octanol–water partition coefficient (Wildman–Crippen LogP) is 3.43. The molecule has 0 bridgehead atoms. The van der Waals surface area contributed by atoms with Gasteiger partial charge in [0.05, 0.1) is 42.6 Å². The third kappa shape index (κ3) is 7.07. The van der Waals surface area contributed by atoms with E-state index in [2.05, 4.69) is 15.2 Å². The maximum atomic E-state index is 14.0. The molecule has 1 saturated heterocycles. The van der Waals surface area contributed by atoms with Gasteiger partial charge in [-0.15, -0.1) is 0 Å². The van der Waals surface area contributed by atoms with Gasteiger partial charge in [-0.2, -0.15) is 15.4 Å². The number of hydrogen-bond acceptors (Lipinski definition) is 11. The zero-order valence-corrected chi connectivity index (χ0v) is 25.5. The van der Waals surface area contributed by atoms with Crippen molar-refractivity contribution in [1.29, 1.82) is 5.26 Å². The van der Waals surface area contributed by atoms with E-state index in [4.69, 9.17) is 18.5 Å². The first-order valence-corrected chi connectivity index (χ1v) is 15.8. The summed E-state index contributed by atoms with van der Waals surface area (Å²) in [5.74, 6) is -0.225. The number of nitriles is 1. The average Bonchev–Trinajstić information content (AvgIpc) is 3.54. The highest BCUT2D eigenvalue weighted by Gasteiger charge is 2.57. The molecule has 13 nitrogen and oxygen atoms in total. The van der Waals surface area contributed by atoms with Crippen molar-refractivity contribution in [2.24, 2.45) is 5.92 Å². The van der Waals surface area contributed by atoms with E-state index in [1.54, 1.807) is 49.4 Å². The highest BCUT2D eigenvalue weighted by molar-refractivity contribution is 7.52. The number of aromatic nitrogens is 3. The third-order valence-electron chi connectivity index (χ3n) is 7.66. The van der Waals surface area contributed by atoms with Gasteiger partial charge < -0.3 is 24.2 Å². The number of aliphatic hydroxyl groups excluding tert-OH is 2. The van der Waals surface area contributed by atoms with E-state index in [1.807, 2.05) is 19.9 Å². The highest BCUT2D eigenvalue weighted by Crippen LogP contribution is 2.48. The number of esters is 1. The molecule has 0 unspecified atom stereocenters. The Morgan fingerprint density at radius 1 is 1.23 bits per heavy atom. The van der Waals surface area contributed by atoms with Crippen molar-refractivity contribution in [3.8, 4) is 11.8 Å². The smallest absolute Gasteiger partial charge is 0.459 e. The summed E-state index contributed by atoms with van der Waals surface area (Å²) in [6.07, 6.45) is -1.62. The molecule has 1 fully saturated rings. The number of hydrogen-bond donors (Lipinski definition) is 3. The summed E-state index contributed by atoms with van der Waals surface area (Å²) in [7, 11) is -4.29. The molecule has 2 aromatic heterocycles. The largest absolute Gasteiger partial charge is 0.464 e. The van der Waals surface area contributed by atoms with Crippen molar-refractivity contribution < 1.29 is 38.1 Å². The van der Waals surface area contributed by atoms with Crippen LogP contribution in [0.1, 0.15) is 51.4 Å². The number of para-hydroxylation sites is 1. The minimum absolute atomic E-state index is 0.203. The van der Waals surface area contributed by atoms with Gasteiger partial charge in [-0.1, -0.05) is 44.9 Å². The number of carbonyl (C=O) groups excluding carboxylic acids is 1. The molecule has 1 aliphatic heterocycles. The van der Waals surface area contributed by atoms with E-state index in [-0.39, 0.29) is 24.7 Å². The molecule has 0 amide bonds. The minimum atomic E-state index is -4.29. The Morgan fingerprint density at radius 3 is 2.63 bits per heavy atom. The molecule has 3 N–H and O–H groups in total. The van der Waals surface area contributed by atoms with Gasteiger partial charge in [-0.25, -0.2) is 14.1 Å². The molecule has 6 atom stereocenters. The molecule has 43 heavy (non-hydrogen) atoms. The molecule has 1 aromatic carbocycles. The van der Waals surface area contributed by atoms with Gasteiger partial charge in [0.15, 0.2) is 5.60 Å². The molecule has 232 valence electrons. The fraction of sp³-hybridized carbons (Fsp3) is 0.517. The van der Waals surface area contributed by atoms with Gasteiger partial charge in [0.2, 0.25) is 0 Å². The lowest BCUT2D eigenvalue weighted by Crippen LogP contribution is -2.42. The molecule has 1 aliphatic rings. The number of nitrogens with zero attached hydrogens (tertiary/aromatic N) is 4. The maximum absolute atomic E-state index is 14.0. The first-order valence-electron chi connectivity index (χ1n) is 14.2. The van der Waals surface area contributed by atoms with E-state index < -0.39 is 50.3 Å². The minimum Gasteiger partial charge on any atom is -0.464 e. The summed E-state index contributed by atoms with van der Waals surface area (Å²) < 4.78 is 38.5. The summed E-state index contributed by atoms with van der Waals surface area (Å²) in [4.78, 5) is 16.9. The van der Waals surface area contributed by atoms with Crippen LogP contribution in [0.5, 0.6) is 5.75 Å². The summed E-state index contributed by atoms with van der Waals surface area (Å²) in [6, 6.07) is 12.6. The van der Waals surface area contributed by atoms with Gasteiger partial charge in [-0.3, -0.25) is 9.32 Å². The summed E-state index contributed by atoms with van der Waals surface area (Å²) in [5.41, 5.74) is -0.0488. The van der Waals surface area contributed by atoms with Crippen LogP contribution >= 0.6 is 7.75 Å². The predicted molar refractivity (Wildman–Crippen MR) is 155 cm³/mol. The van der Waals surface area contributed by atoms with Crippen LogP contribution in [0.2, 0.25) is 0 Å². The van der Waals surface area contributed by atoms with Crippen LogP contribution < -0.4 is 9.61 Å². The van der Waals surface area contributed by atoms with Crippen molar-refractivity contribution in [1.82, 2.24) is 19.7 Å². The molecule has 3 heterocycles. The van der Waals surface area contributed by atoms with Crippen molar-refractivity contribution in [3.05, 3.63) is 60.2 Å². The van der Waals surface area contributed by atoms with Gasteiger partial charge in [0.1, 0.15) is 36.4 Å². The Balaban J connectivity index is 1.55. The number of benzene rings is 1. The lowest BCUT2D eigenvalue weighted by atomic mass is 9.88. The number of aryl methyl sites for hydroxylation is 1. The Kier molecular flexibility index (Phi) is 10.6. The molecular formula is C29H38N5O8P. The van der Waals surface area contributed by atoms with Crippen LogP contribution in [0.15, 0.2) is 48.8 Å². The Bertz CT molecular complexity index is 1480. The second-order valence-electron chi connectivity index (χ2n) is 10.5. The standard InChI is InChI=1S/C29H38N5O8P/c1-5-21(6-2)16-39-28(37)20(4)33-43(38,42-22-10-8-7-9-11-22)40-17-24-26(35)27(36)29(41-24,14-15-30)25-13-12-23-19(3)31-18-32-34(23)25/h7-13,18,20-21,24,26-27,35-36H,5-6,14,16-17H2,1-4H3,(H,33,38)/t20-,24+,26+,27+,29-,43-/m0/s1. The monoisotopic (exact) mass is 615 g/mol. The number of nitrogens with one attached hydrogen (secondary N) is 1. The van der Waals surface area contributed by atoms with Crippen molar-refractivity contribution in [3.63, 3.8) is 0 Å². The van der Waals surface area contributed by atoms with E-state index in [9.17, 15) is 24.8 Å². The Hall–Kier alpha value is -3.37. The van der Waals surface area contributed by atoms with Gasteiger partial charge in [0.25, 0.3) is 0 Å². The zero-order chi connectivity index (χ0) is 31.2. The first-order chi connectivity index (χ1) is 20.6. The van der Waals surface area contributed by atoms with Crippen LogP contribution in [0.3, 0.4) is 0 Å². The number of aliphatic hydroxyl groups is 2. The quantitative estimate of drug-likeness (QED) is 0.178. The SMILES string of the molecule is CCC(CC)COC(=O)[C@H](C)N[P@](=O)(OC[C@H]1O[C@@](CC#N)(c2ccc3c(C)ncnn23)[C@H](O)[C@@H]1O)Oc1ccccc1. The van der Waals surface area contributed by atoms with E-state index in [0.29, 0.717) is 16.9 Å². The molecule has 0 spiro atoms. The summed E-state index contributed by atoms with van der Waals surface area (Å²) in [6.45, 7) is 6.99. The summed E-state index contributed by atoms with van der Waals surface area (Å²) >= 11 is 0. The topological polar surface area (TPSA) is 178 Å². The number of carbonyl (C=O) groups is 1. The fourth-order valence-corrected chi connectivity index (χ4v) is 6.49. The average molecular weight is 616 g/mol. The number of rotatable bonds is 14. The zero-order valence-electron chi connectivity index (χ0n) is 24.6. The molecule has 0 saturated carbocycles. The molecule has 0 radical (unpaired) electrons. The second kappa shape index (κ2) is 13.9. The molecule has 0 aliphatic carbocycles. The normalized spacial score (nSPS) is 24.0. The van der Waals surface area contributed by atoms with E-state index in [1.165, 1.54) is 17.8 Å². The van der Waals surface area contributed by atoms with Crippen LogP contribution in [-0.4, -0.2) is 68.3 Å². The molecule has 14 heteroatoms. The van der Waals surface area contributed by atoms with Crippen LogP contribution in [0.25, 0.3) is 5.52 Å². The van der Waals surface area contributed by atoms with E-state index in [0.717, 1.165) is 12.8 Å². The third-order valence-corrected chi connectivity index (χ3v) is 9.31. The fourth-order valence-electron chi connectivity index (χ4n) is 4.99. The molecular weight excluding hydrogens is 577 g/mol. The van der Waals surface area contributed by atoms with Gasteiger partial charge in [0, 0.05) is 0 Å². The first kappa shape index (κ1) is 32.5. The van der Waals surface area contributed by atoms with Crippen molar-refractivity contribution in [2.45, 2.75) is 76.9 Å². The molecule has 4 rings (SSSR count). The highest BCUT2D eigenvalue weighted by atomic mass is 31.2. The summed E-state index contributed by atoms with van der Waals surface area (Å²) in [5, 5.41) is 38.8. The lowest BCUT2D eigenvalue weighted by molar-refractivity contribution is -0.146. The Morgan fingerprint density at radius 2 is 1.95 bits per heavy atom. The van der Waals surface area contributed by atoms with Gasteiger partial charge in [-0.05, 0) is 44.0 Å². The van der Waals surface area contributed by atoms with Gasteiger partial charge >= 0.3 is 13.7 Å². The van der Waals surface area contributed by atoms with Crippen LogP contribution in [0.4, 0.5) is 0 Å². The van der Waals surface area contributed by atoms with Crippen molar-refractivity contribution >= 4 is 19.2 Å². The Labute approximate surface area is 250 Å². The van der Waals surface area contributed by atoms with E-state index >= 15 is 0 Å². The van der Waals surface area contributed by atoms with Crippen LogP contribution in [0, 0.1) is 24.2 Å². The molecule has 3 aromatic rings.